The number of carbonyl (C=O) groups excluding carboxylic acids is 1. The second kappa shape index (κ2) is 6.19. The van der Waals surface area contributed by atoms with E-state index < -0.39 is 0 Å². The highest BCUT2D eigenvalue weighted by molar-refractivity contribution is 6.00. The average Bonchev–Trinajstić information content (AvgIpc) is 2.48. The molecule has 1 atom stereocenters. The van der Waals surface area contributed by atoms with Crippen molar-refractivity contribution in [2.75, 3.05) is 12.4 Å². The minimum absolute atomic E-state index is 0.0820. The van der Waals surface area contributed by atoms with Gasteiger partial charge in [-0.2, -0.15) is 0 Å². The Hall–Kier alpha value is -2.36. The molecule has 4 nitrogen and oxygen atoms in total. The van der Waals surface area contributed by atoms with Gasteiger partial charge in [0.15, 0.2) is 0 Å². The van der Waals surface area contributed by atoms with Crippen LogP contribution in [0.2, 0.25) is 0 Å². The van der Waals surface area contributed by atoms with Gasteiger partial charge in [0.25, 0.3) is 5.91 Å². The molecule has 1 heterocycles. The zero-order valence-corrected chi connectivity index (χ0v) is 12.0. The summed E-state index contributed by atoms with van der Waals surface area (Å²) in [5.41, 5.74) is 3.53. The van der Waals surface area contributed by atoms with Gasteiger partial charge < -0.3 is 10.6 Å². The van der Waals surface area contributed by atoms with Crippen molar-refractivity contribution in [3.05, 3.63) is 59.4 Å². The number of carbonyl (C=O) groups is 1. The fourth-order valence-electron chi connectivity index (χ4n) is 2.05. The van der Waals surface area contributed by atoms with Gasteiger partial charge in [0.2, 0.25) is 0 Å². The Kier molecular flexibility index (Phi) is 4.35. The summed E-state index contributed by atoms with van der Waals surface area (Å²) >= 11 is 0. The summed E-state index contributed by atoms with van der Waals surface area (Å²) in [6, 6.07) is 9.52. The van der Waals surface area contributed by atoms with Gasteiger partial charge in [-0.25, -0.2) is 0 Å². The number of hydrogen-bond acceptors (Lipinski definition) is 3. The second-order valence-corrected chi connectivity index (χ2v) is 4.78. The normalized spacial score (nSPS) is 11.8. The van der Waals surface area contributed by atoms with Gasteiger partial charge in [0, 0.05) is 25.1 Å². The summed E-state index contributed by atoms with van der Waals surface area (Å²) in [6.45, 7) is 3.92. The number of aromatic nitrogens is 1. The van der Waals surface area contributed by atoms with Gasteiger partial charge in [-0.1, -0.05) is 17.7 Å². The standard InChI is InChI=1S/C16H19N3O/c1-11-6-7-15(17-3)14(9-11)16(20)19-12(2)13-5-4-8-18-10-13/h4-10,12,17H,1-3H3,(H,19,20). The van der Waals surface area contributed by atoms with Crippen LogP contribution in [-0.4, -0.2) is 17.9 Å². The van der Waals surface area contributed by atoms with E-state index in [1.54, 1.807) is 12.4 Å². The van der Waals surface area contributed by atoms with Gasteiger partial charge in [-0.05, 0) is 37.6 Å². The van der Waals surface area contributed by atoms with E-state index in [-0.39, 0.29) is 11.9 Å². The first-order valence-corrected chi connectivity index (χ1v) is 6.61. The van der Waals surface area contributed by atoms with Crippen molar-refractivity contribution >= 4 is 11.6 Å². The van der Waals surface area contributed by atoms with Crippen molar-refractivity contribution < 1.29 is 4.79 Å². The molecule has 1 unspecified atom stereocenters. The van der Waals surface area contributed by atoms with E-state index >= 15 is 0 Å². The maximum absolute atomic E-state index is 12.4. The molecule has 2 aromatic rings. The number of anilines is 1. The molecule has 0 bridgehead atoms. The predicted octanol–water partition coefficient (Wildman–Crippen LogP) is 2.92. The molecular weight excluding hydrogens is 250 g/mol. The van der Waals surface area contributed by atoms with Crippen LogP contribution >= 0.6 is 0 Å². The number of benzene rings is 1. The van der Waals surface area contributed by atoms with Crippen molar-refractivity contribution in [1.29, 1.82) is 0 Å². The van der Waals surface area contributed by atoms with Gasteiger partial charge in [-0.15, -0.1) is 0 Å². The van der Waals surface area contributed by atoms with Gasteiger partial charge in [0.1, 0.15) is 0 Å². The fourth-order valence-corrected chi connectivity index (χ4v) is 2.05. The Bertz CT molecular complexity index is 596. The maximum atomic E-state index is 12.4. The third-order valence-electron chi connectivity index (χ3n) is 3.22. The molecule has 1 amide bonds. The molecule has 1 aromatic carbocycles. The van der Waals surface area contributed by atoms with E-state index in [1.807, 2.05) is 51.2 Å². The Balaban J connectivity index is 2.18. The van der Waals surface area contributed by atoms with Crippen LogP contribution in [0.5, 0.6) is 0 Å². The zero-order chi connectivity index (χ0) is 14.5. The predicted molar refractivity (Wildman–Crippen MR) is 80.8 cm³/mol. The van der Waals surface area contributed by atoms with E-state index in [1.165, 1.54) is 0 Å². The highest BCUT2D eigenvalue weighted by Gasteiger charge is 2.14. The number of amides is 1. The smallest absolute Gasteiger partial charge is 0.253 e. The lowest BCUT2D eigenvalue weighted by atomic mass is 10.1. The third-order valence-corrected chi connectivity index (χ3v) is 3.22. The molecule has 0 saturated carbocycles. The summed E-state index contributed by atoms with van der Waals surface area (Å²) in [4.78, 5) is 16.5. The topological polar surface area (TPSA) is 54.0 Å². The van der Waals surface area contributed by atoms with Crippen LogP contribution in [0, 0.1) is 6.92 Å². The molecule has 0 radical (unpaired) electrons. The van der Waals surface area contributed by atoms with E-state index in [2.05, 4.69) is 15.6 Å². The second-order valence-electron chi connectivity index (χ2n) is 4.78. The lowest BCUT2D eigenvalue weighted by Crippen LogP contribution is -2.27. The third kappa shape index (κ3) is 3.15. The first-order valence-electron chi connectivity index (χ1n) is 6.61. The average molecular weight is 269 g/mol. The van der Waals surface area contributed by atoms with Crippen molar-refractivity contribution in [3.63, 3.8) is 0 Å². The van der Waals surface area contributed by atoms with Crippen LogP contribution in [0.25, 0.3) is 0 Å². The summed E-state index contributed by atoms with van der Waals surface area (Å²) in [5.74, 6) is -0.0885. The Morgan fingerprint density at radius 1 is 1.30 bits per heavy atom. The lowest BCUT2D eigenvalue weighted by Gasteiger charge is -2.16. The minimum Gasteiger partial charge on any atom is -0.387 e. The fraction of sp³-hybridized carbons (Fsp3) is 0.250. The molecule has 1 aromatic heterocycles. The molecular formula is C16H19N3O. The SMILES string of the molecule is CNc1ccc(C)cc1C(=O)NC(C)c1cccnc1. The van der Waals surface area contributed by atoms with E-state index in [4.69, 9.17) is 0 Å². The molecule has 104 valence electrons. The Morgan fingerprint density at radius 2 is 2.10 bits per heavy atom. The highest BCUT2D eigenvalue weighted by Crippen LogP contribution is 2.18. The van der Waals surface area contributed by atoms with Crippen LogP contribution in [-0.2, 0) is 0 Å². The first kappa shape index (κ1) is 14.1. The number of nitrogens with zero attached hydrogens (tertiary/aromatic N) is 1. The molecule has 0 spiro atoms. The number of aryl methyl sites for hydroxylation is 1. The van der Waals surface area contributed by atoms with Crippen molar-refractivity contribution in [1.82, 2.24) is 10.3 Å². The van der Waals surface area contributed by atoms with Crippen molar-refractivity contribution in [2.45, 2.75) is 19.9 Å². The van der Waals surface area contributed by atoms with Crippen LogP contribution < -0.4 is 10.6 Å². The Labute approximate surface area is 119 Å². The number of nitrogens with one attached hydrogen (secondary N) is 2. The maximum Gasteiger partial charge on any atom is 0.253 e. The van der Waals surface area contributed by atoms with Crippen LogP contribution in [0.15, 0.2) is 42.7 Å². The molecule has 2 rings (SSSR count). The molecule has 2 N–H and O–H groups in total. The quantitative estimate of drug-likeness (QED) is 0.897. The van der Waals surface area contributed by atoms with Gasteiger partial charge in [0.05, 0.1) is 11.6 Å². The first-order chi connectivity index (χ1) is 9.61. The molecule has 0 aliphatic carbocycles. The summed E-state index contributed by atoms with van der Waals surface area (Å²) in [5, 5.41) is 6.04. The molecule has 20 heavy (non-hydrogen) atoms. The van der Waals surface area contributed by atoms with Gasteiger partial charge >= 0.3 is 0 Å². The minimum atomic E-state index is -0.0885. The summed E-state index contributed by atoms with van der Waals surface area (Å²) in [7, 11) is 1.81. The van der Waals surface area contributed by atoms with Gasteiger partial charge in [-0.3, -0.25) is 9.78 Å². The summed E-state index contributed by atoms with van der Waals surface area (Å²) < 4.78 is 0. The zero-order valence-electron chi connectivity index (χ0n) is 12.0. The molecule has 0 saturated heterocycles. The van der Waals surface area contributed by atoms with Crippen molar-refractivity contribution in [3.8, 4) is 0 Å². The molecule has 4 heteroatoms. The number of hydrogen-bond donors (Lipinski definition) is 2. The highest BCUT2D eigenvalue weighted by atomic mass is 16.1. The van der Waals surface area contributed by atoms with E-state index in [9.17, 15) is 4.79 Å². The molecule has 0 aliphatic heterocycles. The van der Waals surface area contributed by atoms with Crippen LogP contribution in [0.1, 0.15) is 34.5 Å². The van der Waals surface area contributed by atoms with Crippen LogP contribution in [0.4, 0.5) is 5.69 Å². The summed E-state index contributed by atoms with van der Waals surface area (Å²) in [6.07, 6.45) is 3.48. The number of pyridine rings is 1. The molecule has 0 aliphatic rings. The number of rotatable bonds is 4. The lowest BCUT2D eigenvalue weighted by molar-refractivity contribution is 0.0940. The van der Waals surface area contributed by atoms with Crippen LogP contribution in [0.3, 0.4) is 0 Å². The molecule has 0 fully saturated rings. The monoisotopic (exact) mass is 269 g/mol. The Morgan fingerprint density at radius 3 is 2.75 bits per heavy atom. The van der Waals surface area contributed by atoms with E-state index in [0.29, 0.717) is 5.56 Å². The van der Waals surface area contributed by atoms with E-state index in [0.717, 1.165) is 16.8 Å². The largest absolute Gasteiger partial charge is 0.387 e. The van der Waals surface area contributed by atoms with Crippen molar-refractivity contribution in [2.24, 2.45) is 0 Å².